The van der Waals surface area contributed by atoms with Crippen molar-refractivity contribution in [2.75, 3.05) is 6.54 Å². The van der Waals surface area contributed by atoms with Gasteiger partial charge in [0.1, 0.15) is 5.82 Å². The molecule has 0 radical (unpaired) electrons. The summed E-state index contributed by atoms with van der Waals surface area (Å²) in [5.74, 6) is -0.267. The Hall–Kier alpha value is -0.600. The molecule has 1 aromatic rings. The fourth-order valence-corrected chi connectivity index (χ4v) is 2.24. The number of hydrogen-bond donors (Lipinski definition) is 1. The fraction of sp³-hybridized carbons (Fsp3) is 0.455. The first kappa shape index (κ1) is 9.94. The molecular formula is C11H13ClFN. The van der Waals surface area contributed by atoms with Crippen LogP contribution in [0.3, 0.4) is 0 Å². The molecule has 0 bridgehead atoms. The van der Waals surface area contributed by atoms with E-state index in [2.05, 4.69) is 5.32 Å². The highest BCUT2D eigenvalue weighted by Gasteiger charge is 2.21. The highest BCUT2D eigenvalue weighted by atomic mass is 35.5. The molecule has 2 rings (SSSR count). The summed E-state index contributed by atoms with van der Waals surface area (Å²) in [6.45, 7) is 2.90. The van der Waals surface area contributed by atoms with E-state index in [1.807, 2.05) is 13.0 Å². The number of hydrogen-bond acceptors (Lipinski definition) is 1. The first-order chi connectivity index (χ1) is 6.68. The van der Waals surface area contributed by atoms with Crippen LogP contribution in [0.25, 0.3) is 0 Å². The summed E-state index contributed by atoms with van der Waals surface area (Å²) in [7, 11) is 0. The van der Waals surface area contributed by atoms with Gasteiger partial charge in [0, 0.05) is 11.6 Å². The molecule has 1 heterocycles. The van der Waals surface area contributed by atoms with E-state index in [0.717, 1.165) is 24.9 Å². The van der Waals surface area contributed by atoms with Gasteiger partial charge in [0.2, 0.25) is 0 Å². The SMILES string of the molecule is Cc1cc(Cl)c(F)c(C2CCCN2)c1. The molecule has 76 valence electrons. The van der Waals surface area contributed by atoms with Crippen molar-refractivity contribution in [3.8, 4) is 0 Å². The summed E-state index contributed by atoms with van der Waals surface area (Å²) in [6.07, 6.45) is 2.10. The minimum absolute atomic E-state index is 0.146. The molecule has 1 N–H and O–H groups in total. The van der Waals surface area contributed by atoms with Crippen molar-refractivity contribution in [1.82, 2.24) is 5.32 Å². The van der Waals surface area contributed by atoms with Crippen molar-refractivity contribution in [3.05, 3.63) is 34.1 Å². The summed E-state index contributed by atoms with van der Waals surface area (Å²) >= 11 is 5.79. The van der Waals surface area contributed by atoms with E-state index in [0.29, 0.717) is 5.56 Å². The maximum atomic E-state index is 13.7. The van der Waals surface area contributed by atoms with Crippen LogP contribution in [0.4, 0.5) is 4.39 Å². The van der Waals surface area contributed by atoms with E-state index in [1.165, 1.54) is 0 Å². The lowest BCUT2D eigenvalue weighted by Crippen LogP contribution is -2.14. The molecule has 1 atom stereocenters. The highest BCUT2D eigenvalue weighted by molar-refractivity contribution is 6.30. The first-order valence-electron chi connectivity index (χ1n) is 4.87. The molecule has 0 saturated carbocycles. The van der Waals surface area contributed by atoms with Gasteiger partial charge in [-0.2, -0.15) is 0 Å². The van der Waals surface area contributed by atoms with E-state index in [-0.39, 0.29) is 16.9 Å². The average Bonchev–Trinajstić information content (AvgIpc) is 2.63. The van der Waals surface area contributed by atoms with Crippen LogP contribution in [0.5, 0.6) is 0 Å². The van der Waals surface area contributed by atoms with Gasteiger partial charge in [0.05, 0.1) is 5.02 Å². The number of nitrogens with one attached hydrogen (secondary N) is 1. The van der Waals surface area contributed by atoms with Crippen LogP contribution >= 0.6 is 11.6 Å². The maximum Gasteiger partial charge on any atom is 0.146 e. The maximum absolute atomic E-state index is 13.7. The Kier molecular flexibility index (Phi) is 2.75. The standard InChI is InChI=1S/C11H13ClFN/c1-7-5-8(10-3-2-4-14-10)11(13)9(12)6-7/h5-6,10,14H,2-4H2,1H3. The van der Waals surface area contributed by atoms with Gasteiger partial charge in [-0.1, -0.05) is 17.7 Å². The van der Waals surface area contributed by atoms with E-state index < -0.39 is 0 Å². The largest absolute Gasteiger partial charge is 0.310 e. The molecular weight excluding hydrogens is 201 g/mol. The molecule has 3 heteroatoms. The van der Waals surface area contributed by atoms with Crippen LogP contribution in [-0.4, -0.2) is 6.54 Å². The Morgan fingerprint density at radius 3 is 2.93 bits per heavy atom. The first-order valence-corrected chi connectivity index (χ1v) is 5.25. The second kappa shape index (κ2) is 3.87. The molecule has 1 aliphatic heterocycles. The second-order valence-electron chi connectivity index (χ2n) is 3.80. The van der Waals surface area contributed by atoms with Crippen molar-refractivity contribution in [2.24, 2.45) is 0 Å². The van der Waals surface area contributed by atoms with Gasteiger partial charge in [-0.3, -0.25) is 0 Å². The lowest BCUT2D eigenvalue weighted by molar-refractivity contribution is 0.558. The normalized spacial score (nSPS) is 21.5. The third kappa shape index (κ3) is 1.77. The minimum Gasteiger partial charge on any atom is -0.310 e. The predicted molar refractivity (Wildman–Crippen MR) is 56.1 cm³/mol. The van der Waals surface area contributed by atoms with Crippen molar-refractivity contribution in [2.45, 2.75) is 25.8 Å². The molecule has 1 unspecified atom stereocenters. The summed E-state index contributed by atoms with van der Waals surface area (Å²) in [6, 6.07) is 3.69. The summed E-state index contributed by atoms with van der Waals surface area (Å²) in [4.78, 5) is 0. The summed E-state index contributed by atoms with van der Waals surface area (Å²) < 4.78 is 13.7. The van der Waals surface area contributed by atoms with Crippen LogP contribution in [0.1, 0.15) is 30.0 Å². The van der Waals surface area contributed by atoms with Gasteiger partial charge in [0.15, 0.2) is 0 Å². The van der Waals surface area contributed by atoms with Crippen LogP contribution in [-0.2, 0) is 0 Å². The van der Waals surface area contributed by atoms with Gasteiger partial charge in [0.25, 0.3) is 0 Å². The number of rotatable bonds is 1. The molecule has 0 aliphatic carbocycles. The lowest BCUT2D eigenvalue weighted by Gasteiger charge is -2.13. The smallest absolute Gasteiger partial charge is 0.146 e. The second-order valence-corrected chi connectivity index (χ2v) is 4.21. The minimum atomic E-state index is -0.267. The monoisotopic (exact) mass is 213 g/mol. The number of halogens is 2. The Bertz CT molecular complexity index is 345. The molecule has 14 heavy (non-hydrogen) atoms. The predicted octanol–water partition coefficient (Wildman–Crippen LogP) is 3.21. The van der Waals surface area contributed by atoms with Crippen molar-refractivity contribution in [1.29, 1.82) is 0 Å². The quantitative estimate of drug-likeness (QED) is 0.756. The van der Waals surface area contributed by atoms with Crippen molar-refractivity contribution in [3.63, 3.8) is 0 Å². The molecule has 1 fully saturated rings. The van der Waals surface area contributed by atoms with E-state index >= 15 is 0 Å². The Balaban J connectivity index is 2.40. The summed E-state index contributed by atoms with van der Waals surface area (Å²) in [5, 5.41) is 3.50. The zero-order chi connectivity index (χ0) is 10.1. The molecule has 1 aliphatic rings. The van der Waals surface area contributed by atoms with E-state index in [9.17, 15) is 4.39 Å². The Morgan fingerprint density at radius 2 is 2.29 bits per heavy atom. The third-order valence-electron chi connectivity index (χ3n) is 2.64. The van der Waals surface area contributed by atoms with Crippen LogP contribution in [0, 0.1) is 12.7 Å². The highest BCUT2D eigenvalue weighted by Crippen LogP contribution is 2.29. The number of benzene rings is 1. The molecule has 0 aromatic heterocycles. The Morgan fingerprint density at radius 1 is 1.50 bits per heavy atom. The van der Waals surface area contributed by atoms with E-state index in [4.69, 9.17) is 11.6 Å². The lowest BCUT2D eigenvalue weighted by atomic mass is 10.0. The zero-order valence-corrected chi connectivity index (χ0v) is 8.87. The van der Waals surface area contributed by atoms with Gasteiger partial charge in [-0.05, 0) is 37.9 Å². The Labute approximate surface area is 88.3 Å². The van der Waals surface area contributed by atoms with Crippen molar-refractivity contribution < 1.29 is 4.39 Å². The van der Waals surface area contributed by atoms with Crippen LogP contribution in [0.15, 0.2) is 12.1 Å². The zero-order valence-electron chi connectivity index (χ0n) is 8.11. The molecule has 1 saturated heterocycles. The number of aryl methyl sites for hydroxylation is 1. The molecule has 1 aromatic carbocycles. The molecule has 0 amide bonds. The molecule has 0 spiro atoms. The van der Waals surface area contributed by atoms with Gasteiger partial charge in [-0.25, -0.2) is 4.39 Å². The van der Waals surface area contributed by atoms with Gasteiger partial charge < -0.3 is 5.32 Å². The van der Waals surface area contributed by atoms with Crippen LogP contribution in [0.2, 0.25) is 5.02 Å². The van der Waals surface area contributed by atoms with E-state index in [1.54, 1.807) is 6.07 Å². The van der Waals surface area contributed by atoms with Gasteiger partial charge in [-0.15, -0.1) is 0 Å². The van der Waals surface area contributed by atoms with Gasteiger partial charge >= 0.3 is 0 Å². The fourth-order valence-electron chi connectivity index (χ4n) is 1.96. The third-order valence-corrected chi connectivity index (χ3v) is 2.91. The molecule has 1 nitrogen and oxygen atoms in total. The summed E-state index contributed by atoms with van der Waals surface area (Å²) in [5.41, 5.74) is 1.73. The van der Waals surface area contributed by atoms with Crippen LogP contribution < -0.4 is 5.32 Å². The topological polar surface area (TPSA) is 12.0 Å². The average molecular weight is 214 g/mol. The van der Waals surface area contributed by atoms with Crippen molar-refractivity contribution >= 4 is 11.6 Å².